The molecule has 1 atom stereocenters. The molecular formula is C61H100O6. The third-order valence-corrected chi connectivity index (χ3v) is 11.3. The van der Waals surface area contributed by atoms with Crippen molar-refractivity contribution in [3.63, 3.8) is 0 Å². The number of allylic oxidation sites excluding steroid dienone is 18. The van der Waals surface area contributed by atoms with Gasteiger partial charge in [0.2, 0.25) is 0 Å². The summed E-state index contributed by atoms with van der Waals surface area (Å²) in [7, 11) is 0. The van der Waals surface area contributed by atoms with Crippen LogP contribution in [0.2, 0.25) is 0 Å². The minimum absolute atomic E-state index is 0.109. The van der Waals surface area contributed by atoms with Gasteiger partial charge in [-0.1, -0.05) is 226 Å². The number of unbranched alkanes of at least 4 members (excludes halogenated alkanes) is 19. The molecule has 0 saturated heterocycles. The Kier molecular flexibility index (Phi) is 51.5. The van der Waals surface area contributed by atoms with Gasteiger partial charge in [-0.25, -0.2) is 0 Å². The number of carbonyl (C=O) groups excluding carboxylic acids is 3. The molecule has 0 aliphatic heterocycles. The van der Waals surface area contributed by atoms with Gasteiger partial charge in [0.1, 0.15) is 13.2 Å². The van der Waals surface area contributed by atoms with E-state index in [1.165, 1.54) is 89.9 Å². The van der Waals surface area contributed by atoms with Crippen molar-refractivity contribution in [2.45, 2.75) is 245 Å². The summed E-state index contributed by atoms with van der Waals surface area (Å²) in [5.41, 5.74) is 0. The molecule has 0 amide bonds. The van der Waals surface area contributed by atoms with Crippen LogP contribution in [-0.2, 0) is 28.6 Å². The zero-order valence-corrected chi connectivity index (χ0v) is 43.4. The lowest BCUT2D eigenvalue weighted by atomic mass is 10.0. The van der Waals surface area contributed by atoms with E-state index in [2.05, 4.69) is 130 Å². The lowest BCUT2D eigenvalue weighted by molar-refractivity contribution is -0.167. The Bertz CT molecular complexity index is 1390. The Labute approximate surface area is 412 Å². The fourth-order valence-electron chi connectivity index (χ4n) is 7.17. The molecule has 0 aliphatic carbocycles. The molecule has 0 saturated carbocycles. The van der Waals surface area contributed by atoms with E-state index in [0.29, 0.717) is 19.3 Å². The molecule has 6 nitrogen and oxygen atoms in total. The minimum Gasteiger partial charge on any atom is -0.462 e. The van der Waals surface area contributed by atoms with E-state index in [-0.39, 0.29) is 44.0 Å². The predicted octanol–water partition coefficient (Wildman–Crippen LogP) is 18.3. The van der Waals surface area contributed by atoms with Gasteiger partial charge in [0.15, 0.2) is 6.10 Å². The van der Waals surface area contributed by atoms with Crippen molar-refractivity contribution < 1.29 is 28.6 Å². The van der Waals surface area contributed by atoms with Crippen LogP contribution in [0.4, 0.5) is 0 Å². The third-order valence-electron chi connectivity index (χ3n) is 11.3. The van der Waals surface area contributed by atoms with Crippen LogP contribution in [0, 0.1) is 0 Å². The van der Waals surface area contributed by atoms with Crippen molar-refractivity contribution in [3.05, 3.63) is 109 Å². The molecule has 0 aromatic carbocycles. The van der Waals surface area contributed by atoms with Crippen LogP contribution < -0.4 is 0 Å². The SMILES string of the molecule is CC/C=C\C/C=C\C/C=C\C/C=C\C/C=C\CCCC(=O)OC[C@H](COC(=O)CCCCCCCCCCCCCCC)OC(=O)CCCCC/C=C\C/C=C\C/C=C\C/C=C\CCCCC. The summed E-state index contributed by atoms with van der Waals surface area (Å²) in [4.78, 5) is 38.1. The molecule has 0 heterocycles. The quantitative estimate of drug-likeness (QED) is 0.0262. The topological polar surface area (TPSA) is 78.9 Å². The first-order valence-electron chi connectivity index (χ1n) is 27.4. The maximum atomic E-state index is 12.8. The third kappa shape index (κ3) is 52.9. The molecule has 0 unspecified atom stereocenters. The van der Waals surface area contributed by atoms with E-state index in [1.54, 1.807) is 0 Å². The van der Waals surface area contributed by atoms with Gasteiger partial charge in [0.25, 0.3) is 0 Å². The van der Waals surface area contributed by atoms with E-state index in [9.17, 15) is 14.4 Å². The summed E-state index contributed by atoms with van der Waals surface area (Å²) in [6, 6.07) is 0. The van der Waals surface area contributed by atoms with Crippen LogP contribution in [0.3, 0.4) is 0 Å². The molecule has 0 aromatic rings. The van der Waals surface area contributed by atoms with E-state index in [4.69, 9.17) is 14.2 Å². The van der Waals surface area contributed by atoms with Gasteiger partial charge in [-0.3, -0.25) is 14.4 Å². The number of ether oxygens (including phenoxy) is 3. The van der Waals surface area contributed by atoms with Crippen molar-refractivity contribution >= 4 is 17.9 Å². The molecule has 0 aromatic heterocycles. The fourth-order valence-corrected chi connectivity index (χ4v) is 7.17. The number of carbonyl (C=O) groups is 3. The number of hydrogen-bond donors (Lipinski definition) is 0. The summed E-state index contributed by atoms with van der Waals surface area (Å²) in [6.45, 7) is 6.42. The minimum atomic E-state index is -0.818. The number of esters is 3. The van der Waals surface area contributed by atoms with Gasteiger partial charge < -0.3 is 14.2 Å². The number of rotatable bonds is 48. The summed E-state index contributed by atoms with van der Waals surface area (Å²) >= 11 is 0. The Hall–Kier alpha value is -3.93. The standard InChI is InChI=1S/C61H100O6/c1-4-7-10-13-16-19-22-25-27-29-30-32-34-37-40-43-46-49-52-55-61(64)67-58(56-65-59(62)53-50-47-44-41-38-35-24-21-18-15-12-9-6-3)57-66-60(63)54-51-48-45-42-39-36-33-31-28-26-23-20-17-14-11-8-5-2/h8,11,16-17,19-20,25-28,30,32-33,36-37,40,42,45,58H,4-7,9-10,12-15,18,21-24,29,31,34-35,38-39,41,43-44,46-57H2,1-3H3/b11-8-,19-16-,20-17-,27-25-,28-26-,32-30-,36-33-,40-37-,45-42-/t58-/m0/s1. The summed E-state index contributed by atoms with van der Waals surface area (Å²) in [6.07, 6.45) is 73.6. The van der Waals surface area contributed by atoms with E-state index in [0.717, 1.165) is 96.3 Å². The Morgan fingerprint density at radius 2 is 0.597 bits per heavy atom. The molecule has 0 fully saturated rings. The Morgan fingerprint density at radius 1 is 0.313 bits per heavy atom. The van der Waals surface area contributed by atoms with Gasteiger partial charge in [0, 0.05) is 19.3 Å². The smallest absolute Gasteiger partial charge is 0.306 e. The van der Waals surface area contributed by atoms with E-state index >= 15 is 0 Å². The predicted molar refractivity (Wildman–Crippen MR) is 288 cm³/mol. The lowest BCUT2D eigenvalue weighted by Crippen LogP contribution is -2.30. The second kappa shape index (κ2) is 54.7. The van der Waals surface area contributed by atoms with Crippen LogP contribution in [0.15, 0.2) is 109 Å². The van der Waals surface area contributed by atoms with Crippen molar-refractivity contribution in [2.24, 2.45) is 0 Å². The second-order valence-corrected chi connectivity index (χ2v) is 17.8. The molecule has 6 heteroatoms. The second-order valence-electron chi connectivity index (χ2n) is 17.8. The summed E-state index contributed by atoms with van der Waals surface area (Å²) in [5.74, 6) is -1.00. The highest BCUT2D eigenvalue weighted by atomic mass is 16.6. The van der Waals surface area contributed by atoms with Crippen LogP contribution >= 0.6 is 0 Å². The van der Waals surface area contributed by atoms with E-state index < -0.39 is 6.10 Å². The van der Waals surface area contributed by atoms with E-state index in [1.807, 2.05) is 0 Å². The van der Waals surface area contributed by atoms with Crippen LogP contribution in [0.1, 0.15) is 239 Å². The molecule has 0 aliphatic rings. The van der Waals surface area contributed by atoms with Gasteiger partial charge >= 0.3 is 17.9 Å². The lowest BCUT2D eigenvalue weighted by Gasteiger charge is -2.18. The Balaban J connectivity index is 4.54. The highest BCUT2D eigenvalue weighted by Gasteiger charge is 2.19. The first kappa shape index (κ1) is 63.1. The molecule has 380 valence electrons. The molecule has 0 bridgehead atoms. The largest absolute Gasteiger partial charge is 0.462 e. The van der Waals surface area contributed by atoms with Crippen LogP contribution in [0.25, 0.3) is 0 Å². The van der Waals surface area contributed by atoms with Crippen molar-refractivity contribution in [1.82, 2.24) is 0 Å². The average molecular weight is 929 g/mol. The summed E-state index contributed by atoms with van der Waals surface area (Å²) in [5, 5.41) is 0. The Morgan fingerprint density at radius 3 is 1.00 bits per heavy atom. The molecular weight excluding hydrogens is 829 g/mol. The first-order chi connectivity index (χ1) is 33.0. The van der Waals surface area contributed by atoms with Crippen molar-refractivity contribution in [1.29, 1.82) is 0 Å². The van der Waals surface area contributed by atoms with Gasteiger partial charge in [-0.05, 0) is 103 Å². The summed E-state index contributed by atoms with van der Waals surface area (Å²) < 4.78 is 16.8. The van der Waals surface area contributed by atoms with Gasteiger partial charge in [0.05, 0.1) is 0 Å². The zero-order chi connectivity index (χ0) is 48.6. The zero-order valence-electron chi connectivity index (χ0n) is 43.4. The molecule has 0 N–H and O–H groups in total. The monoisotopic (exact) mass is 929 g/mol. The highest BCUT2D eigenvalue weighted by Crippen LogP contribution is 2.14. The van der Waals surface area contributed by atoms with Gasteiger partial charge in [-0.2, -0.15) is 0 Å². The molecule has 67 heavy (non-hydrogen) atoms. The highest BCUT2D eigenvalue weighted by molar-refractivity contribution is 5.71. The molecule has 0 rings (SSSR count). The normalized spacial score (nSPS) is 12.9. The molecule has 0 radical (unpaired) electrons. The average Bonchev–Trinajstić information content (AvgIpc) is 3.33. The maximum absolute atomic E-state index is 12.8. The van der Waals surface area contributed by atoms with Crippen LogP contribution in [-0.4, -0.2) is 37.2 Å². The maximum Gasteiger partial charge on any atom is 0.306 e. The van der Waals surface area contributed by atoms with Crippen molar-refractivity contribution in [3.8, 4) is 0 Å². The van der Waals surface area contributed by atoms with Crippen LogP contribution in [0.5, 0.6) is 0 Å². The van der Waals surface area contributed by atoms with Gasteiger partial charge in [-0.15, -0.1) is 0 Å². The molecule has 0 spiro atoms. The fraction of sp³-hybridized carbons (Fsp3) is 0.656. The number of hydrogen-bond acceptors (Lipinski definition) is 6. The first-order valence-corrected chi connectivity index (χ1v) is 27.4. The van der Waals surface area contributed by atoms with Crippen molar-refractivity contribution in [2.75, 3.05) is 13.2 Å².